The van der Waals surface area contributed by atoms with Crippen LogP contribution in [0.4, 0.5) is 0 Å². The summed E-state index contributed by atoms with van der Waals surface area (Å²) in [4.78, 5) is 12.1. The third-order valence-electron chi connectivity index (χ3n) is 3.48. The molecule has 18 heavy (non-hydrogen) atoms. The minimum Gasteiger partial charge on any atom is -0.215 e. The molecule has 2 aromatic heterocycles. The van der Waals surface area contributed by atoms with Gasteiger partial charge in [-0.2, -0.15) is 0 Å². The van der Waals surface area contributed by atoms with Gasteiger partial charge in [-0.1, -0.05) is 18.7 Å². The third-order valence-corrected chi connectivity index (χ3v) is 5.86. The number of thiophene rings is 1. The van der Waals surface area contributed by atoms with E-state index in [1.165, 1.54) is 35.0 Å². The van der Waals surface area contributed by atoms with Crippen LogP contribution in [0.25, 0.3) is 10.2 Å². The second-order valence-electron chi connectivity index (χ2n) is 4.75. The average Bonchev–Trinajstić information content (AvgIpc) is 2.74. The first-order valence-corrected chi connectivity index (χ1v) is 9.39. The molecule has 0 fully saturated rings. The lowest BCUT2D eigenvalue weighted by Gasteiger charge is -2.18. The lowest BCUT2D eigenvalue weighted by molar-refractivity contribution is 0.509. The minimum absolute atomic E-state index is 0.816. The number of aromatic nitrogens is 2. The highest BCUT2D eigenvalue weighted by molar-refractivity contribution is 7.99. The third kappa shape index (κ3) is 2.06. The Morgan fingerprint density at radius 3 is 2.78 bits per heavy atom. The van der Waals surface area contributed by atoms with Crippen molar-refractivity contribution in [2.24, 2.45) is 5.92 Å². The highest BCUT2D eigenvalue weighted by Crippen LogP contribution is 2.40. The molecule has 96 valence electrons. The summed E-state index contributed by atoms with van der Waals surface area (Å²) in [5.74, 6) is 0.816. The summed E-state index contributed by atoms with van der Waals surface area (Å²) in [5.41, 5.74) is 1.53. The standard InChI is InChI=1S/C13H16N2S3/c1-7-4-5-8-9(6-7)18-12-10(8)11(16-2)14-13(15-12)17-3/h7H,4-6H2,1-3H3. The number of thioether (sulfide) groups is 2. The van der Waals surface area contributed by atoms with Gasteiger partial charge in [0.15, 0.2) is 5.16 Å². The van der Waals surface area contributed by atoms with Crippen molar-refractivity contribution in [2.45, 2.75) is 36.4 Å². The lowest BCUT2D eigenvalue weighted by Crippen LogP contribution is -2.08. The second-order valence-corrected chi connectivity index (χ2v) is 7.40. The molecule has 0 radical (unpaired) electrons. The van der Waals surface area contributed by atoms with Gasteiger partial charge >= 0.3 is 0 Å². The van der Waals surface area contributed by atoms with Crippen molar-refractivity contribution in [1.82, 2.24) is 9.97 Å². The van der Waals surface area contributed by atoms with Crippen molar-refractivity contribution in [3.63, 3.8) is 0 Å². The van der Waals surface area contributed by atoms with Crippen LogP contribution in [0.5, 0.6) is 0 Å². The van der Waals surface area contributed by atoms with Gasteiger partial charge in [-0.3, -0.25) is 0 Å². The zero-order valence-corrected chi connectivity index (χ0v) is 13.3. The van der Waals surface area contributed by atoms with Gasteiger partial charge in [0.2, 0.25) is 0 Å². The molecule has 0 aliphatic heterocycles. The van der Waals surface area contributed by atoms with Gasteiger partial charge in [0.1, 0.15) is 9.86 Å². The first-order chi connectivity index (χ1) is 8.72. The molecular weight excluding hydrogens is 280 g/mol. The molecule has 0 spiro atoms. The quantitative estimate of drug-likeness (QED) is 0.470. The van der Waals surface area contributed by atoms with Gasteiger partial charge in [-0.15, -0.1) is 23.1 Å². The van der Waals surface area contributed by atoms with Crippen molar-refractivity contribution in [1.29, 1.82) is 0 Å². The zero-order chi connectivity index (χ0) is 12.7. The summed E-state index contributed by atoms with van der Waals surface area (Å²) in [6, 6.07) is 0. The summed E-state index contributed by atoms with van der Waals surface area (Å²) >= 11 is 5.26. The summed E-state index contributed by atoms with van der Waals surface area (Å²) < 4.78 is 0. The molecular formula is C13H16N2S3. The Hall–Kier alpha value is -0.260. The van der Waals surface area contributed by atoms with Crippen LogP contribution in [0.3, 0.4) is 0 Å². The Kier molecular flexibility index (Phi) is 3.56. The molecule has 0 bridgehead atoms. The molecule has 0 amide bonds. The molecule has 1 aliphatic carbocycles. The molecule has 0 saturated carbocycles. The van der Waals surface area contributed by atoms with Gasteiger partial charge in [0.05, 0.1) is 0 Å². The Balaban J connectivity index is 2.24. The molecule has 2 nitrogen and oxygen atoms in total. The van der Waals surface area contributed by atoms with Gasteiger partial charge in [-0.25, -0.2) is 9.97 Å². The van der Waals surface area contributed by atoms with Crippen LogP contribution in [-0.4, -0.2) is 22.5 Å². The molecule has 1 unspecified atom stereocenters. The fraction of sp³-hybridized carbons (Fsp3) is 0.538. The molecule has 3 rings (SSSR count). The highest BCUT2D eigenvalue weighted by Gasteiger charge is 2.23. The Bertz CT molecular complexity index is 591. The van der Waals surface area contributed by atoms with Crippen molar-refractivity contribution in [3.8, 4) is 0 Å². The maximum atomic E-state index is 4.69. The fourth-order valence-corrected chi connectivity index (χ4v) is 5.06. The predicted molar refractivity (Wildman–Crippen MR) is 82.2 cm³/mol. The predicted octanol–water partition coefficient (Wildman–Crippen LogP) is 4.26. The average molecular weight is 296 g/mol. The molecule has 5 heteroatoms. The Morgan fingerprint density at radius 1 is 1.22 bits per heavy atom. The van der Waals surface area contributed by atoms with Crippen molar-refractivity contribution >= 4 is 45.1 Å². The molecule has 0 N–H and O–H groups in total. The number of rotatable bonds is 2. The monoisotopic (exact) mass is 296 g/mol. The Morgan fingerprint density at radius 2 is 2.06 bits per heavy atom. The van der Waals surface area contributed by atoms with Gasteiger partial charge in [-0.05, 0) is 43.3 Å². The molecule has 1 aliphatic rings. The lowest BCUT2D eigenvalue weighted by atomic mass is 9.89. The van der Waals surface area contributed by atoms with Crippen molar-refractivity contribution < 1.29 is 0 Å². The van der Waals surface area contributed by atoms with E-state index in [2.05, 4.69) is 23.1 Å². The normalized spacial score (nSPS) is 19.2. The van der Waals surface area contributed by atoms with Crippen LogP contribution in [0.15, 0.2) is 10.2 Å². The summed E-state index contributed by atoms with van der Waals surface area (Å²) in [5, 5.41) is 3.40. The maximum absolute atomic E-state index is 4.69. The minimum atomic E-state index is 0.816. The number of fused-ring (bicyclic) bond motifs is 3. The van der Waals surface area contributed by atoms with E-state index in [9.17, 15) is 0 Å². The number of aryl methyl sites for hydroxylation is 1. The van der Waals surface area contributed by atoms with Crippen molar-refractivity contribution in [2.75, 3.05) is 12.5 Å². The second kappa shape index (κ2) is 5.02. The molecule has 0 aromatic carbocycles. The van der Waals surface area contributed by atoms with Crippen LogP contribution in [0.2, 0.25) is 0 Å². The topological polar surface area (TPSA) is 25.8 Å². The van der Waals surface area contributed by atoms with E-state index in [1.807, 2.05) is 17.6 Å². The highest BCUT2D eigenvalue weighted by atomic mass is 32.2. The van der Waals surface area contributed by atoms with Crippen LogP contribution in [-0.2, 0) is 12.8 Å². The SMILES string of the molecule is CSc1nc(SC)c2c3c(sc2n1)CC(C)CC3. The first kappa shape index (κ1) is 12.8. The number of hydrogen-bond acceptors (Lipinski definition) is 5. The molecule has 0 saturated heterocycles. The van der Waals surface area contributed by atoms with E-state index in [4.69, 9.17) is 0 Å². The fourth-order valence-electron chi connectivity index (χ4n) is 2.53. The van der Waals surface area contributed by atoms with E-state index in [-0.39, 0.29) is 0 Å². The summed E-state index contributed by atoms with van der Waals surface area (Å²) in [6.07, 6.45) is 7.88. The van der Waals surface area contributed by atoms with Crippen LogP contribution >= 0.6 is 34.9 Å². The van der Waals surface area contributed by atoms with E-state index < -0.39 is 0 Å². The van der Waals surface area contributed by atoms with E-state index in [0.717, 1.165) is 16.1 Å². The van der Waals surface area contributed by atoms with Crippen LogP contribution < -0.4 is 0 Å². The van der Waals surface area contributed by atoms with E-state index in [1.54, 1.807) is 28.4 Å². The van der Waals surface area contributed by atoms with E-state index >= 15 is 0 Å². The zero-order valence-electron chi connectivity index (χ0n) is 10.8. The van der Waals surface area contributed by atoms with Crippen LogP contribution in [0, 0.1) is 5.92 Å². The first-order valence-electron chi connectivity index (χ1n) is 6.13. The molecule has 1 atom stereocenters. The van der Waals surface area contributed by atoms with E-state index in [0.29, 0.717) is 0 Å². The van der Waals surface area contributed by atoms with Gasteiger partial charge in [0, 0.05) is 10.3 Å². The number of hydrogen-bond donors (Lipinski definition) is 0. The number of nitrogens with zero attached hydrogens (tertiary/aromatic N) is 2. The summed E-state index contributed by atoms with van der Waals surface area (Å²) in [6.45, 7) is 2.35. The Labute approximate surface area is 120 Å². The molecule has 2 heterocycles. The maximum Gasteiger partial charge on any atom is 0.189 e. The van der Waals surface area contributed by atoms with Crippen molar-refractivity contribution in [3.05, 3.63) is 10.4 Å². The van der Waals surface area contributed by atoms with Crippen LogP contribution in [0.1, 0.15) is 23.8 Å². The smallest absolute Gasteiger partial charge is 0.189 e. The van der Waals surface area contributed by atoms with Gasteiger partial charge < -0.3 is 0 Å². The molecule has 2 aromatic rings. The van der Waals surface area contributed by atoms with Gasteiger partial charge in [0.25, 0.3) is 0 Å². The summed E-state index contributed by atoms with van der Waals surface area (Å²) in [7, 11) is 0. The largest absolute Gasteiger partial charge is 0.215 e.